The molecule has 0 radical (unpaired) electrons. The van der Waals surface area contributed by atoms with Crippen molar-refractivity contribution in [2.45, 2.75) is 97.9 Å². The highest BCUT2D eigenvalue weighted by Crippen LogP contribution is 2.56. The summed E-state index contributed by atoms with van der Waals surface area (Å²) in [6.45, 7) is 13.4. The molecule has 4 amide bonds. The predicted octanol–water partition coefficient (Wildman–Crippen LogP) is 6.26. The van der Waals surface area contributed by atoms with Crippen LogP contribution in [0.2, 0.25) is 0 Å². The van der Waals surface area contributed by atoms with Gasteiger partial charge < -0.3 is 39.9 Å². The van der Waals surface area contributed by atoms with Crippen molar-refractivity contribution in [3.8, 4) is 33.9 Å². The second-order valence-corrected chi connectivity index (χ2v) is 17.9. The minimum absolute atomic E-state index is 0.109. The second-order valence-electron chi connectivity index (χ2n) is 17.9. The summed E-state index contributed by atoms with van der Waals surface area (Å²) < 4.78 is 11.5. The zero-order valence-corrected chi connectivity index (χ0v) is 35.4. The first-order chi connectivity index (χ1) is 27.1. The van der Waals surface area contributed by atoms with E-state index in [4.69, 9.17) is 14.5 Å². The van der Waals surface area contributed by atoms with Gasteiger partial charge in [-0.1, -0.05) is 58.9 Å². The number of nitrogens with zero attached hydrogens (tertiary/aromatic N) is 6. The molecule has 16 nitrogen and oxygen atoms in total. The lowest BCUT2D eigenvalue weighted by molar-refractivity contribution is -0.148. The largest absolute Gasteiger partial charge is 0.432 e. The van der Waals surface area contributed by atoms with E-state index in [0.717, 1.165) is 36.8 Å². The van der Waals surface area contributed by atoms with Crippen molar-refractivity contribution in [3.63, 3.8) is 0 Å². The maximum Gasteiger partial charge on any atom is 0.410 e. The molecule has 16 heteroatoms. The molecule has 3 atom stereocenters. The number of ether oxygens (including phenoxy) is 2. The van der Waals surface area contributed by atoms with E-state index in [1.165, 1.54) is 9.80 Å². The number of aromatic nitrogens is 6. The van der Waals surface area contributed by atoms with Crippen molar-refractivity contribution >= 4 is 24.0 Å². The highest BCUT2D eigenvalue weighted by atomic mass is 16.6. The van der Waals surface area contributed by atoms with E-state index in [1.807, 2.05) is 65.1 Å². The van der Waals surface area contributed by atoms with Crippen molar-refractivity contribution in [2.75, 3.05) is 28.2 Å². The molecular weight excluding hydrogens is 741 g/mol. The van der Waals surface area contributed by atoms with Crippen molar-refractivity contribution in [1.29, 1.82) is 0 Å². The molecule has 6 rings (SSSR count). The standard InChI is InChI=1S/C42H56N10O6/c1-38(2,3)32(50-35(54)42(7,40(5)18-19-40)58-37(56)52(10)11)33-46-21-28(49-33)26-14-12-25(13-15-26)27-20-44-29(22-43-27)30-23-45-31(48-30)24-47-34(53)41(6,39(4)16-17-39)57-36(55)51(8)9/h12-15,20-23,32H,16-19,24H2,1-11H3,(H,45,48)(H,46,49)(H,47,53)(H,50,54). The van der Waals surface area contributed by atoms with E-state index in [9.17, 15) is 19.2 Å². The topological polar surface area (TPSA) is 200 Å². The molecular formula is C42H56N10O6. The molecule has 2 aliphatic rings. The Hall–Kier alpha value is -5.80. The van der Waals surface area contributed by atoms with Crippen molar-refractivity contribution < 1.29 is 28.7 Å². The first-order valence-corrected chi connectivity index (χ1v) is 19.5. The number of imidazole rings is 2. The Balaban J connectivity index is 1.10. The highest BCUT2D eigenvalue weighted by molar-refractivity contribution is 5.89. The summed E-state index contributed by atoms with van der Waals surface area (Å²) in [5.74, 6) is 0.361. The molecule has 2 fully saturated rings. The number of aromatic amines is 2. The van der Waals surface area contributed by atoms with Gasteiger partial charge in [-0.15, -0.1) is 0 Å². The van der Waals surface area contributed by atoms with E-state index in [-0.39, 0.29) is 18.4 Å². The van der Waals surface area contributed by atoms with Crippen molar-refractivity contribution in [1.82, 2.24) is 50.3 Å². The highest BCUT2D eigenvalue weighted by Gasteiger charge is 2.62. The monoisotopic (exact) mass is 796 g/mol. The average molecular weight is 797 g/mol. The molecule has 4 aromatic rings. The molecule has 3 unspecified atom stereocenters. The van der Waals surface area contributed by atoms with Crippen LogP contribution >= 0.6 is 0 Å². The maximum absolute atomic E-state index is 14.0. The van der Waals surface area contributed by atoms with Crippen LogP contribution in [0, 0.1) is 16.2 Å². The van der Waals surface area contributed by atoms with Crippen molar-refractivity contribution in [2.24, 2.45) is 16.2 Å². The number of hydrogen-bond donors (Lipinski definition) is 4. The molecule has 0 bridgehead atoms. The minimum atomic E-state index is -1.35. The van der Waals surface area contributed by atoms with Gasteiger partial charge in [-0.3, -0.25) is 19.6 Å². The number of benzene rings is 1. The Morgan fingerprint density at radius 3 is 1.67 bits per heavy atom. The number of rotatable bonds is 13. The molecule has 1 aromatic carbocycles. The summed E-state index contributed by atoms with van der Waals surface area (Å²) in [6, 6.07) is 7.28. The van der Waals surface area contributed by atoms with Crippen LogP contribution < -0.4 is 10.6 Å². The van der Waals surface area contributed by atoms with Gasteiger partial charge in [0.25, 0.3) is 11.8 Å². The third-order valence-corrected chi connectivity index (χ3v) is 11.9. The van der Waals surface area contributed by atoms with E-state index in [2.05, 4.69) is 35.6 Å². The van der Waals surface area contributed by atoms with E-state index in [0.29, 0.717) is 34.4 Å². The van der Waals surface area contributed by atoms with Crippen LogP contribution in [-0.4, -0.2) is 103 Å². The zero-order valence-electron chi connectivity index (χ0n) is 35.4. The third kappa shape index (κ3) is 8.27. The summed E-state index contributed by atoms with van der Waals surface area (Å²) in [6.07, 6.45) is 8.83. The van der Waals surface area contributed by atoms with Gasteiger partial charge in [0.1, 0.15) is 23.0 Å². The van der Waals surface area contributed by atoms with Crippen LogP contribution in [0.15, 0.2) is 49.1 Å². The molecule has 0 spiro atoms. The lowest BCUT2D eigenvalue weighted by atomic mass is 9.83. The van der Waals surface area contributed by atoms with Gasteiger partial charge >= 0.3 is 12.2 Å². The van der Waals surface area contributed by atoms with Gasteiger partial charge in [-0.2, -0.15) is 0 Å². The zero-order chi connectivity index (χ0) is 42.4. The predicted molar refractivity (Wildman–Crippen MR) is 217 cm³/mol. The van der Waals surface area contributed by atoms with Crippen molar-refractivity contribution in [3.05, 3.63) is 60.7 Å². The number of hydrogen-bond acceptors (Lipinski definition) is 10. The van der Waals surface area contributed by atoms with Crippen LogP contribution in [0.4, 0.5) is 9.59 Å². The van der Waals surface area contributed by atoms with Crippen LogP contribution in [0.1, 0.15) is 91.8 Å². The molecule has 2 aliphatic carbocycles. The van der Waals surface area contributed by atoms with E-state index >= 15 is 0 Å². The first kappa shape index (κ1) is 41.8. The molecule has 3 aromatic heterocycles. The fourth-order valence-electron chi connectivity index (χ4n) is 6.68. The normalized spacial score (nSPS) is 17.8. The number of H-pyrrole nitrogens is 2. The quantitative estimate of drug-likeness (QED) is 0.120. The van der Waals surface area contributed by atoms with Crippen LogP contribution in [0.5, 0.6) is 0 Å². The maximum atomic E-state index is 14.0. The molecule has 4 N–H and O–H groups in total. The smallest absolute Gasteiger partial charge is 0.410 e. The van der Waals surface area contributed by atoms with Gasteiger partial charge in [-0.25, -0.2) is 19.6 Å². The SMILES string of the molecule is CN(C)C(=O)OC(C)(C(=O)NCc1nc(-c2cnc(-c3ccc(-c4c[nH]c(C(NC(=O)C(C)(OC(=O)N(C)C)C5(C)CC5)C(C)(C)C)n4)cc3)cn2)c[nH]1)C1(C)CC1. The average Bonchev–Trinajstić information content (AvgIpc) is 3.98. The Kier molecular flexibility index (Phi) is 10.9. The summed E-state index contributed by atoms with van der Waals surface area (Å²) in [4.78, 5) is 80.0. The fraction of sp³-hybridized carbons (Fsp3) is 0.524. The lowest BCUT2D eigenvalue weighted by Gasteiger charge is -2.38. The Morgan fingerprint density at radius 1 is 0.707 bits per heavy atom. The van der Waals surface area contributed by atoms with E-state index < -0.39 is 45.7 Å². The Bertz CT molecular complexity index is 2160. The third-order valence-electron chi connectivity index (χ3n) is 11.9. The molecule has 2 saturated carbocycles. The molecule has 310 valence electrons. The van der Waals surface area contributed by atoms with Gasteiger partial charge in [0.05, 0.1) is 36.4 Å². The fourth-order valence-corrected chi connectivity index (χ4v) is 6.68. The molecule has 0 aliphatic heterocycles. The van der Waals surface area contributed by atoms with Crippen LogP contribution in [0.3, 0.4) is 0 Å². The first-order valence-electron chi connectivity index (χ1n) is 19.5. The summed E-state index contributed by atoms with van der Waals surface area (Å²) in [7, 11) is 6.36. The number of nitrogens with one attached hydrogen (secondary N) is 4. The second kappa shape index (κ2) is 15.2. The van der Waals surface area contributed by atoms with Gasteiger partial charge in [0.15, 0.2) is 11.2 Å². The minimum Gasteiger partial charge on any atom is -0.432 e. The lowest BCUT2D eigenvalue weighted by Crippen LogP contribution is -2.56. The Labute approximate surface area is 339 Å². The van der Waals surface area contributed by atoms with Gasteiger partial charge in [-0.05, 0) is 44.9 Å². The van der Waals surface area contributed by atoms with Gasteiger partial charge in [0.2, 0.25) is 0 Å². The van der Waals surface area contributed by atoms with Crippen LogP contribution in [-0.2, 0) is 25.6 Å². The number of carbonyl (C=O) groups excluding carboxylic acids is 4. The number of carbonyl (C=O) groups is 4. The van der Waals surface area contributed by atoms with E-state index in [1.54, 1.807) is 60.6 Å². The summed E-state index contributed by atoms with van der Waals surface area (Å²) >= 11 is 0. The number of amides is 4. The summed E-state index contributed by atoms with van der Waals surface area (Å²) in [5, 5.41) is 6.05. The molecule has 0 saturated heterocycles. The Morgan fingerprint density at radius 2 is 1.19 bits per heavy atom. The molecule has 58 heavy (non-hydrogen) atoms. The molecule has 3 heterocycles. The van der Waals surface area contributed by atoms with Gasteiger partial charge in [0, 0.05) is 62.5 Å². The van der Waals surface area contributed by atoms with Crippen LogP contribution in [0.25, 0.3) is 33.9 Å². The summed E-state index contributed by atoms with van der Waals surface area (Å²) in [5.41, 5.74) is 0.212.